The number of hydrogen-bond acceptors (Lipinski definition) is 3. The summed E-state index contributed by atoms with van der Waals surface area (Å²) < 4.78 is 2.03. The molecular formula is C14H19N3O2. The second-order valence-electron chi connectivity index (χ2n) is 4.81. The third-order valence-corrected chi connectivity index (χ3v) is 3.16. The molecular weight excluding hydrogens is 242 g/mol. The Morgan fingerprint density at radius 2 is 2.16 bits per heavy atom. The number of rotatable bonds is 5. The highest BCUT2D eigenvalue weighted by Gasteiger charge is 2.16. The maximum Gasteiger partial charge on any atom is 0.337 e. The molecule has 0 atom stereocenters. The topological polar surface area (TPSA) is 58.4 Å². The van der Waals surface area contributed by atoms with Crippen LogP contribution in [0.5, 0.6) is 0 Å². The lowest BCUT2D eigenvalue weighted by Gasteiger charge is -2.13. The van der Waals surface area contributed by atoms with Crippen molar-refractivity contribution >= 4 is 17.0 Å². The average Bonchev–Trinajstić information content (AvgIpc) is 2.73. The molecule has 2 aromatic rings. The molecule has 0 aliphatic heterocycles. The van der Waals surface area contributed by atoms with E-state index in [1.54, 1.807) is 12.1 Å². The maximum absolute atomic E-state index is 11.4. The van der Waals surface area contributed by atoms with Gasteiger partial charge in [-0.2, -0.15) is 0 Å². The summed E-state index contributed by atoms with van der Waals surface area (Å²) in [6, 6.07) is 5.25. The zero-order valence-electron chi connectivity index (χ0n) is 11.6. The molecule has 5 heteroatoms. The Hall–Kier alpha value is -1.88. The fourth-order valence-electron chi connectivity index (χ4n) is 2.22. The second-order valence-corrected chi connectivity index (χ2v) is 4.81. The first-order valence-corrected chi connectivity index (χ1v) is 6.40. The van der Waals surface area contributed by atoms with Gasteiger partial charge in [0, 0.05) is 19.5 Å². The summed E-state index contributed by atoms with van der Waals surface area (Å²) in [7, 11) is 4.01. The number of hydrogen-bond donors (Lipinski definition) is 1. The van der Waals surface area contributed by atoms with Gasteiger partial charge < -0.3 is 14.6 Å². The van der Waals surface area contributed by atoms with Crippen molar-refractivity contribution in [3.8, 4) is 0 Å². The van der Waals surface area contributed by atoms with E-state index in [2.05, 4.69) is 9.88 Å². The summed E-state index contributed by atoms with van der Waals surface area (Å²) in [6.45, 7) is 3.64. The van der Waals surface area contributed by atoms with Crippen LogP contribution in [0.4, 0.5) is 0 Å². The molecule has 0 bridgehead atoms. The van der Waals surface area contributed by atoms with E-state index in [0.717, 1.165) is 36.4 Å². The smallest absolute Gasteiger partial charge is 0.337 e. The van der Waals surface area contributed by atoms with E-state index < -0.39 is 5.97 Å². The third-order valence-electron chi connectivity index (χ3n) is 3.16. The zero-order valence-corrected chi connectivity index (χ0v) is 11.6. The molecule has 102 valence electrons. The maximum atomic E-state index is 11.4. The largest absolute Gasteiger partial charge is 0.478 e. The van der Waals surface area contributed by atoms with Gasteiger partial charge >= 0.3 is 5.97 Å². The molecule has 1 aromatic heterocycles. The molecule has 2 rings (SSSR count). The lowest BCUT2D eigenvalue weighted by atomic mass is 10.2. The first kappa shape index (κ1) is 13.5. The molecule has 0 aliphatic carbocycles. The zero-order chi connectivity index (χ0) is 14.0. The lowest BCUT2D eigenvalue weighted by Crippen LogP contribution is -2.20. The molecule has 1 heterocycles. The minimum atomic E-state index is -0.903. The molecule has 0 fully saturated rings. The van der Waals surface area contributed by atoms with Gasteiger partial charge in [-0.3, -0.25) is 0 Å². The van der Waals surface area contributed by atoms with Crippen molar-refractivity contribution < 1.29 is 9.90 Å². The van der Waals surface area contributed by atoms with E-state index in [1.165, 1.54) is 0 Å². The number of carbonyl (C=O) groups is 1. The standard InChI is InChI=1S/C14H19N3O2/c1-4-12-15-11-7-5-6-10(14(18)19)13(11)17(12)9-8-16(2)3/h5-7H,4,8-9H2,1-3H3,(H,18,19). The van der Waals surface area contributed by atoms with Crippen LogP contribution in [0.2, 0.25) is 0 Å². The Balaban J connectivity index is 2.60. The van der Waals surface area contributed by atoms with Crippen molar-refractivity contribution in [2.24, 2.45) is 0 Å². The summed E-state index contributed by atoms with van der Waals surface area (Å²) in [5.74, 6) is 0.0322. The van der Waals surface area contributed by atoms with Gasteiger partial charge in [-0.05, 0) is 26.2 Å². The number of carboxylic acids is 1. The predicted octanol–water partition coefficient (Wildman–Crippen LogP) is 1.86. The summed E-state index contributed by atoms with van der Waals surface area (Å²) in [5, 5.41) is 9.32. The van der Waals surface area contributed by atoms with Crippen molar-refractivity contribution in [3.05, 3.63) is 29.6 Å². The van der Waals surface area contributed by atoms with E-state index in [-0.39, 0.29) is 0 Å². The fourth-order valence-corrected chi connectivity index (χ4v) is 2.22. The minimum Gasteiger partial charge on any atom is -0.478 e. The number of likely N-dealkylation sites (N-methyl/N-ethyl adjacent to an activating group) is 1. The average molecular weight is 261 g/mol. The normalized spacial score (nSPS) is 11.4. The molecule has 1 aromatic carbocycles. The second kappa shape index (κ2) is 5.40. The van der Waals surface area contributed by atoms with Crippen LogP contribution >= 0.6 is 0 Å². The first-order valence-electron chi connectivity index (χ1n) is 6.40. The molecule has 0 saturated carbocycles. The first-order chi connectivity index (χ1) is 9.04. The minimum absolute atomic E-state index is 0.323. The van der Waals surface area contributed by atoms with Crippen LogP contribution in [0.25, 0.3) is 11.0 Å². The quantitative estimate of drug-likeness (QED) is 0.892. The monoisotopic (exact) mass is 261 g/mol. The molecule has 0 radical (unpaired) electrons. The number of para-hydroxylation sites is 1. The molecule has 5 nitrogen and oxygen atoms in total. The van der Waals surface area contributed by atoms with Crippen LogP contribution < -0.4 is 0 Å². The fraction of sp³-hybridized carbons (Fsp3) is 0.429. The van der Waals surface area contributed by atoms with Gasteiger partial charge in [0.25, 0.3) is 0 Å². The van der Waals surface area contributed by atoms with Crippen molar-refractivity contribution in [1.82, 2.24) is 14.5 Å². The van der Waals surface area contributed by atoms with Crippen LogP contribution in [0.1, 0.15) is 23.1 Å². The highest BCUT2D eigenvalue weighted by atomic mass is 16.4. The van der Waals surface area contributed by atoms with E-state index >= 15 is 0 Å². The third kappa shape index (κ3) is 2.61. The number of nitrogens with zero attached hydrogens (tertiary/aromatic N) is 3. The number of benzene rings is 1. The SMILES string of the molecule is CCc1nc2cccc(C(=O)O)c2n1CCN(C)C. The van der Waals surface area contributed by atoms with Gasteiger partial charge in [0.05, 0.1) is 16.6 Å². The van der Waals surface area contributed by atoms with Gasteiger partial charge in [0.1, 0.15) is 5.82 Å². The molecule has 0 unspecified atom stereocenters. The van der Waals surface area contributed by atoms with Gasteiger partial charge in [-0.15, -0.1) is 0 Å². The molecule has 19 heavy (non-hydrogen) atoms. The van der Waals surface area contributed by atoms with Crippen LogP contribution in [0.15, 0.2) is 18.2 Å². The van der Waals surface area contributed by atoms with Gasteiger partial charge in [-0.1, -0.05) is 13.0 Å². The highest BCUT2D eigenvalue weighted by molar-refractivity contribution is 6.01. The Bertz CT molecular complexity index is 602. The Labute approximate surface area is 112 Å². The molecule has 1 N–H and O–H groups in total. The summed E-state index contributed by atoms with van der Waals surface area (Å²) in [5.41, 5.74) is 1.81. The van der Waals surface area contributed by atoms with E-state index in [4.69, 9.17) is 0 Å². The van der Waals surface area contributed by atoms with E-state index in [1.807, 2.05) is 31.7 Å². The highest BCUT2D eigenvalue weighted by Crippen LogP contribution is 2.21. The summed E-state index contributed by atoms with van der Waals surface area (Å²) in [6.07, 6.45) is 0.793. The van der Waals surface area contributed by atoms with Gasteiger partial charge in [0.15, 0.2) is 0 Å². The lowest BCUT2D eigenvalue weighted by molar-refractivity contribution is 0.0698. The van der Waals surface area contributed by atoms with Gasteiger partial charge in [0.2, 0.25) is 0 Å². The van der Waals surface area contributed by atoms with Crippen LogP contribution in [0, 0.1) is 0 Å². The number of aryl methyl sites for hydroxylation is 1. The molecule has 0 saturated heterocycles. The van der Waals surface area contributed by atoms with Crippen LogP contribution in [-0.2, 0) is 13.0 Å². The van der Waals surface area contributed by atoms with Crippen molar-refractivity contribution in [1.29, 1.82) is 0 Å². The Morgan fingerprint density at radius 3 is 2.74 bits per heavy atom. The molecule has 0 spiro atoms. The number of aromatic nitrogens is 2. The Morgan fingerprint density at radius 1 is 1.42 bits per heavy atom. The van der Waals surface area contributed by atoms with Crippen molar-refractivity contribution in [2.45, 2.75) is 19.9 Å². The van der Waals surface area contributed by atoms with Gasteiger partial charge in [-0.25, -0.2) is 9.78 Å². The number of imidazole rings is 1. The molecule has 0 aliphatic rings. The van der Waals surface area contributed by atoms with Crippen LogP contribution in [-0.4, -0.2) is 46.2 Å². The Kier molecular flexibility index (Phi) is 3.85. The van der Waals surface area contributed by atoms with E-state index in [0.29, 0.717) is 5.56 Å². The number of fused-ring (bicyclic) bond motifs is 1. The number of aromatic carboxylic acids is 1. The summed E-state index contributed by atoms with van der Waals surface area (Å²) in [4.78, 5) is 18.0. The van der Waals surface area contributed by atoms with Crippen molar-refractivity contribution in [3.63, 3.8) is 0 Å². The summed E-state index contributed by atoms with van der Waals surface area (Å²) >= 11 is 0. The predicted molar refractivity (Wildman–Crippen MR) is 74.6 cm³/mol. The molecule has 0 amide bonds. The van der Waals surface area contributed by atoms with Crippen molar-refractivity contribution in [2.75, 3.05) is 20.6 Å². The number of carboxylic acid groups (broad SMARTS) is 1. The van der Waals surface area contributed by atoms with Crippen LogP contribution in [0.3, 0.4) is 0 Å². The van der Waals surface area contributed by atoms with E-state index in [9.17, 15) is 9.90 Å².